The van der Waals surface area contributed by atoms with Crippen molar-refractivity contribution in [2.45, 2.75) is 32.2 Å². The second-order valence-corrected chi connectivity index (χ2v) is 5.62. The van der Waals surface area contributed by atoms with E-state index in [0.29, 0.717) is 25.7 Å². The molecule has 1 aliphatic heterocycles. The molecule has 1 saturated heterocycles. The molecule has 0 amide bonds. The highest BCUT2D eigenvalue weighted by atomic mass is 32.2. The minimum atomic E-state index is -3.22. The van der Waals surface area contributed by atoms with E-state index in [-0.39, 0.29) is 0 Å². The SMILES string of the molecule is CCCNS(=O)(=O)N1CCC(NC)CC1. The van der Waals surface area contributed by atoms with Crippen LogP contribution in [0.15, 0.2) is 0 Å². The van der Waals surface area contributed by atoms with Crippen LogP contribution in [0.2, 0.25) is 0 Å². The monoisotopic (exact) mass is 235 g/mol. The number of hydrogen-bond acceptors (Lipinski definition) is 3. The van der Waals surface area contributed by atoms with Gasteiger partial charge in [0.25, 0.3) is 10.2 Å². The third kappa shape index (κ3) is 3.71. The van der Waals surface area contributed by atoms with E-state index >= 15 is 0 Å². The summed E-state index contributed by atoms with van der Waals surface area (Å²) in [6, 6.07) is 0.461. The zero-order valence-electron chi connectivity index (χ0n) is 9.49. The molecule has 0 bridgehead atoms. The van der Waals surface area contributed by atoms with E-state index in [9.17, 15) is 8.42 Å². The summed E-state index contributed by atoms with van der Waals surface area (Å²) in [5.74, 6) is 0. The van der Waals surface area contributed by atoms with Crippen LogP contribution in [0.25, 0.3) is 0 Å². The number of hydrogen-bond donors (Lipinski definition) is 2. The number of nitrogens with zero attached hydrogens (tertiary/aromatic N) is 1. The highest BCUT2D eigenvalue weighted by Gasteiger charge is 2.26. The van der Waals surface area contributed by atoms with Gasteiger partial charge in [-0.2, -0.15) is 12.7 Å². The van der Waals surface area contributed by atoms with Crippen molar-refractivity contribution in [3.63, 3.8) is 0 Å². The van der Waals surface area contributed by atoms with Gasteiger partial charge in [0.15, 0.2) is 0 Å². The molecule has 0 aromatic carbocycles. The lowest BCUT2D eigenvalue weighted by molar-refractivity contribution is 0.295. The van der Waals surface area contributed by atoms with Gasteiger partial charge in [0.1, 0.15) is 0 Å². The number of piperidine rings is 1. The minimum Gasteiger partial charge on any atom is -0.317 e. The largest absolute Gasteiger partial charge is 0.317 e. The molecular formula is C9H21N3O2S. The van der Waals surface area contributed by atoms with E-state index in [1.807, 2.05) is 14.0 Å². The zero-order valence-corrected chi connectivity index (χ0v) is 10.3. The molecule has 90 valence electrons. The molecular weight excluding hydrogens is 214 g/mol. The highest BCUT2D eigenvalue weighted by molar-refractivity contribution is 7.87. The van der Waals surface area contributed by atoms with Crippen molar-refractivity contribution < 1.29 is 8.42 Å². The summed E-state index contributed by atoms with van der Waals surface area (Å²) in [6.45, 7) is 3.71. The smallest absolute Gasteiger partial charge is 0.279 e. The molecule has 0 aromatic rings. The molecule has 0 aliphatic carbocycles. The van der Waals surface area contributed by atoms with Gasteiger partial charge in [-0.25, -0.2) is 4.72 Å². The first-order chi connectivity index (χ1) is 7.10. The summed E-state index contributed by atoms with van der Waals surface area (Å²) in [4.78, 5) is 0. The third-order valence-electron chi connectivity index (χ3n) is 2.74. The van der Waals surface area contributed by atoms with Gasteiger partial charge in [0.05, 0.1) is 0 Å². The Balaban J connectivity index is 2.45. The Morgan fingerprint density at radius 2 is 1.93 bits per heavy atom. The normalized spacial score (nSPS) is 20.7. The number of nitrogens with one attached hydrogen (secondary N) is 2. The van der Waals surface area contributed by atoms with E-state index in [4.69, 9.17) is 0 Å². The Kier molecular flexibility index (Phi) is 4.98. The van der Waals surface area contributed by atoms with Gasteiger partial charge in [0, 0.05) is 25.7 Å². The topological polar surface area (TPSA) is 61.4 Å². The van der Waals surface area contributed by atoms with Crippen molar-refractivity contribution >= 4 is 10.2 Å². The predicted molar refractivity (Wildman–Crippen MR) is 60.9 cm³/mol. The van der Waals surface area contributed by atoms with Crippen molar-refractivity contribution in [1.29, 1.82) is 0 Å². The van der Waals surface area contributed by atoms with Crippen LogP contribution in [-0.2, 0) is 10.2 Å². The van der Waals surface area contributed by atoms with Crippen LogP contribution in [0.4, 0.5) is 0 Å². The fourth-order valence-electron chi connectivity index (χ4n) is 1.71. The first kappa shape index (κ1) is 12.9. The molecule has 6 heteroatoms. The van der Waals surface area contributed by atoms with Gasteiger partial charge >= 0.3 is 0 Å². The van der Waals surface area contributed by atoms with Crippen molar-refractivity contribution in [2.75, 3.05) is 26.7 Å². The molecule has 2 N–H and O–H groups in total. The molecule has 0 atom stereocenters. The maximum Gasteiger partial charge on any atom is 0.279 e. The third-order valence-corrected chi connectivity index (χ3v) is 4.35. The quantitative estimate of drug-likeness (QED) is 0.700. The van der Waals surface area contributed by atoms with E-state index in [2.05, 4.69) is 10.0 Å². The molecule has 1 rings (SSSR count). The van der Waals surface area contributed by atoms with Crippen LogP contribution in [0.1, 0.15) is 26.2 Å². The molecule has 0 saturated carbocycles. The predicted octanol–water partition coefficient (Wildman–Crippen LogP) is -0.0854. The zero-order chi connectivity index (χ0) is 11.3. The molecule has 1 aliphatic rings. The van der Waals surface area contributed by atoms with Gasteiger partial charge in [-0.1, -0.05) is 6.92 Å². The summed E-state index contributed by atoms with van der Waals surface area (Å²) in [6.07, 6.45) is 2.61. The maximum absolute atomic E-state index is 11.7. The summed E-state index contributed by atoms with van der Waals surface area (Å²) >= 11 is 0. The average Bonchev–Trinajstić information content (AvgIpc) is 2.26. The lowest BCUT2D eigenvalue weighted by atomic mass is 10.1. The van der Waals surface area contributed by atoms with Crippen molar-refractivity contribution in [3.05, 3.63) is 0 Å². The second-order valence-electron chi connectivity index (χ2n) is 3.86. The van der Waals surface area contributed by atoms with Crippen LogP contribution >= 0.6 is 0 Å². The maximum atomic E-state index is 11.7. The Labute approximate surface area is 92.4 Å². The Bertz CT molecular complexity index is 271. The van der Waals surface area contributed by atoms with Gasteiger partial charge in [-0.15, -0.1) is 0 Å². The van der Waals surface area contributed by atoms with Crippen LogP contribution in [0.3, 0.4) is 0 Å². The molecule has 1 heterocycles. The van der Waals surface area contributed by atoms with Gasteiger partial charge in [-0.3, -0.25) is 0 Å². The van der Waals surface area contributed by atoms with E-state index in [1.165, 1.54) is 4.31 Å². The molecule has 0 unspecified atom stereocenters. The fourth-order valence-corrected chi connectivity index (χ4v) is 3.04. The van der Waals surface area contributed by atoms with Crippen LogP contribution in [-0.4, -0.2) is 45.4 Å². The first-order valence-corrected chi connectivity index (χ1v) is 6.96. The first-order valence-electron chi connectivity index (χ1n) is 5.52. The molecule has 0 aromatic heterocycles. The van der Waals surface area contributed by atoms with Gasteiger partial charge in [0.2, 0.25) is 0 Å². The van der Waals surface area contributed by atoms with E-state index < -0.39 is 10.2 Å². The number of rotatable bonds is 5. The summed E-state index contributed by atoms with van der Waals surface area (Å²) < 4.78 is 27.6. The Hall–Kier alpha value is -0.170. The lowest BCUT2D eigenvalue weighted by Crippen LogP contribution is -2.48. The average molecular weight is 235 g/mol. The van der Waals surface area contributed by atoms with Gasteiger partial charge in [-0.05, 0) is 26.3 Å². The minimum absolute atomic E-state index is 0.461. The summed E-state index contributed by atoms with van der Waals surface area (Å²) in [5, 5.41) is 3.18. The molecule has 0 radical (unpaired) electrons. The van der Waals surface area contributed by atoms with Crippen molar-refractivity contribution in [3.8, 4) is 0 Å². The highest BCUT2D eigenvalue weighted by Crippen LogP contribution is 2.12. The standard InChI is InChI=1S/C9H21N3O2S/c1-3-6-11-15(13,14)12-7-4-9(10-2)5-8-12/h9-11H,3-8H2,1-2H3. The molecule has 15 heavy (non-hydrogen) atoms. The summed E-state index contributed by atoms with van der Waals surface area (Å²) in [5.41, 5.74) is 0. The second kappa shape index (κ2) is 5.79. The lowest BCUT2D eigenvalue weighted by Gasteiger charge is -2.30. The Morgan fingerprint density at radius 3 is 2.40 bits per heavy atom. The van der Waals surface area contributed by atoms with Crippen molar-refractivity contribution in [1.82, 2.24) is 14.3 Å². The molecule has 0 spiro atoms. The van der Waals surface area contributed by atoms with Crippen LogP contribution in [0, 0.1) is 0 Å². The van der Waals surface area contributed by atoms with Gasteiger partial charge < -0.3 is 5.32 Å². The van der Waals surface area contributed by atoms with Crippen molar-refractivity contribution in [2.24, 2.45) is 0 Å². The molecule has 5 nitrogen and oxygen atoms in total. The van der Waals surface area contributed by atoms with E-state index in [0.717, 1.165) is 19.3 Å². The van der Waals surface area contributed by atoms with E-state index in [1.54, 1.807) is 0 Å². The van der Waals surface area contributed by atoms with Crippen LogP contribution in [0.5, 0.6) is 0 Å². The molecule has 1 fully saturated rings. The fraction of sp³-hybridized carbons (Fsp3) is 1.00. The Morgan fingerprint density at radius 1 is 1.33 bits per heavy atom. The summed E-state index contributed by atoms with van der Waals surface area (Å²) in [7, 11) is -1.30. The van der Waals surface area contributed by atoms with Crippen LogP contribution < -0.4 is 10.0 Å².